The summed E-state index contributed by atoms with van der Waals surface area (Å²) in [4.78, 5) is 45.8. The molecule has 0 radical (unpaired) electrons. The second-order valence-corrected chi connectivity index (χ2v) is 10.9. The minimum Gasteiger partial charge on any atom is -0.325 e. The lowest BCUT2D eigenvalue weighted by molar-refractivity contribution is -0.200. The highest BCUT2D eigenvalue weighted by Gasteiger charge is 2.44. The van der Waals surface area contributed by atoms with E-state index in [-0.39, 0.29) is 15.8 Å². The van der Waals surface area contributed by atoms with Crippen LogP contribution in [0, 0.1) is 5.92 Å². The zero-order valence-electron chi connectivity index (χ0n) is 20.1. The van der Waals surface area contributed by atoms with Crippen LogP contribution < -0.4 is 15.7 Å². The first-order valence-electron chi connectivity index (χ1n) is 11.0. The van der Waals surface area contributed by atoms with Crippen LogP contribution in [-0.4, -0.2) is 68.9 Å². The number of pyridine rings is 1. The third-order valence-corrected chi connectivity index (χ3v) is 7.51. The molecule has 11 nitrogen and oxygen atoms in total. The van der Waals surface area contributed by atoms with Gasteiger partial charge in [-0.1, -0.05) is 11.6 Å². The number of hydrogen-bond donors (Lipinski definition) is 2. The predicted octanol–water partition coefficient (Wildman–Crippen LogP) is 2.59. The molecule has 1 aliphatic rings. The molecule has 38 heavy (non-hydrogen) atoms. The smallest absolute Gasteiger partial charge is 0.325 e. The lowest BCUT2D eigenvalue weighted by atomic mass is 9.97. The van der Waals surface area contributed by atoms with Crippen LogP contribution in [0.5, 0.6) is 0 Å². The third kappa shape index (κ3) is 6.78. The Morgan fingerprint density at radius 3 is 2.34 bits per heavy atom. The molecule has 2 heterocycles. The maximum atomic E-state index is 13.6. The number of carbonyl (C=O) groups excluding carboxylic acids is 3. The van der Waals surface area contributed by atoms with Crippen LogP contribution in [0.2, 0.25) is 5.02 Å². The zero-order chi connectivity index (χ0) is 28.3. The average Bonchev–Trinajstić information content (AvgIpc) is 2.87. The first kappa shape index (κ1) is 29.3. The topological polar surface area (TPSA) is 138 Å². The van der Waals surface area contributed by atoms with Crippen LogP contribution in [0.1, 0.15) is 23.2 Å². The van der Waals surface area contributed by atoms with E-state index in [1.807, 2.05) is 0 Å². The van der Waals surface area contributed by atoms with Crippen molar-refractivity contribution in [2.24, 2.45) is 5.92 Å². The van der Waals surface area contributed by atoms with Gasteiger partial charge in [-0.3, -0.25) is 9.59 Å². The van der Waals surface area contributed by atoms with Crippen LogP contribution in [0.4, 0.5) is 24.7 Å². The van der Waals surface area contributed by atoms with Gasteiger partial charge >= 0.3 is 12.1 Å². The van der Waals surface area contributed by atoms with Crippen molar-refractivity contribution in [1.29, 1.82) is 0 Å². The maximum absolute atomic E-state index is 13.6. The van der Waals surface area contributed by atoms with Crippen molar-refractivity contribution >= 4 is 50.9 Å². The molecule has 0 aliphatic carbocycles. The molecule has 206 valence electrons. The van der Waals surface area contributed by atoms with Crippen molar-refractivity contribution in [3.63, 3.8) is 0 Å². The van der Waals surface area contributed by atoms with E-state index < -0.39 is 56.2 Å². The Kier molecular flexibility index (Phi) is 8.97. The number of nitrogens with one attached hydrogen (secondary N) is 2. The number of carbonyl (C=O) groups is 3. The number of aromatic nitrogens is 1. The van der Waals surface area contributed by atoms with Gasteiger partial charge in [0.05, 0.1) is 21.2 Å². The van der Waals surface area contributed by atoms with Gasteiger partial charge in [-0.2, -0.15) is 13.2 Å². The quantitative estimate of drug-likeness (QED) is 0.500. The summed E-state index contributed by atoms with van der Waals surface area (Å²) in [5, 5.41) is 5.66. The number of anilines is 2. The number of sulfonamides is 1. The third-order valence-electron chi connectivity index (χ3n) is 5.48. The molecule has 1 aromatic heterocycles. The van der Waals surface area contributed by atoms with E-state index >= 15 is 0 Å². The number of hydrogen-bond acceptors (Lipinski definition) is 8. The highest BCUT2D eigenvalue weighted by molar-refractivity contribution is 7.89. The summed E-state index contributed by atoms with van der Waals surface area (Å²) < 4.78 is 65.4. The second kappa shape index (κ2) is 11.6. The van der Waals surface area contributed by atoms with Crippen molar-refractivity contribution in [3.05, 3.63) is 47.1 Å². The van der Waals surface area contributed by atoms with Gasteiger partial charge in [-0.15, -0.1) is 5.06 Å². The van der Waals surface area contributed by atoms with Crippen LogP contribution in [0.3, 0.4) is 0 Å². The van der Waals surface area contributed by atoms with Gasteiger partial charge in [0.15, 0.2) is 5.82 Å². The van der Waals surface area contributed by atoms with Crippen LogP contribution in [0.15, 0.2) is 41.4 Å². The van der Waals surface area contributed by atoms with Crippen molar-refractivity contribution in [2.75, 3.05) is 37.6 Å². The average molecular weight is 578 g/mol. The Morgan fingerprint density at radius 2 is 1.79 bits per heavy atom. The second-order valence-electron chi connectivity index (χ2n) is 8.32. The highest BCUT2D eigenvalue weighted by atomic mass is 35.5. The molecular formula is C22H23ClF3N5O6S. The van der Waals surface area contributed by atoms with Crippen LogP contribution in [-0.2, 0) is 24.4 Å². The molecule has 16 heteroatoms. The fourth-order valence-electron chi connectivity index (χ4n) is 3.42. The summed E-state index contributed by atoms with van der Waals surface area (Å²) >= 11 is 5.77. The Balaban J connectivity index is 2.11. The number of amides is 2. The van der Waals surface area contributed by atoms with Gasteiger partial charge in [-0.25, -0.2) is 22.5 Å². The van der Waals surface area contributed by atoms with Gasteiger partial charge in [0.2, 0.25) is 15.9 Å². The summed E-state index contributed by atoms with van der Waals surface area (Å²) in [6, 6.07) is 5.30. The van der Waals surface area contributed by atoms with Crippen molar-refractivity contribution in [2.45, 2.75) is 23.9 Å². The van der Waals surface area contributed by atoms with Crippen LogP contribution in [0.25, 0.3) is 0 Å². The molecule has 2 N–H and O–H groups in total. The molecule has 2 amide bonds. The molecule has 1 aromatic carbocycles. The van der Waals surface area contributed by atoms with Gasteiger partial charge in [-0.05, 0) is 56.3 Å². The van der Waals surface area contributed by atoms with E-state index in [1.165, 1.54) is 20.2 Å². The van der Waals surface area contributed by atoms with Crippen molar-refractivity contribution in [1.82, 2.24) is 14.6 Å². The molecule has 1 fully saturated rings. The summed E-state index contributed by atoms with van der Waals surface area (Å²) in [6.07, 6.45) is -3.50. The monoisotopic (exact) mass is 577 g/mol. The number of nitrogens with zero attached hydrogens (tertiary/aromatic N) is 3. The molecule has 1 aliphatic heterocycles. The van der Waals surface area contributed by atoms with E-state index in [9.17, 15) is 36.0 Å². The fourth-order valence-corrected chi connectivity index (χ4v) is 4.46. The van der Waals surface area contributed by atoms with Gasteiger partial charge < -0.3 is 15.5 Å². The highest BCUT2D eigenvalue weighted by Crippen LogP contribution is 2.28. The lowest BCUT2D eigenvalue weighted by Crippen LogP contribution is -2.40. The normalized spacial score (nSPS) is 14.7. The molecule has 0 saturated carbocycles. The zero-order valence-corrected chi connectivity index (χ0v) is 21.7. The number of piperidine rings is 1. The van der Waals surface area contributed by atoms with Crippen molar-refractivity contribution < 1.29 is 40.8 Å². The van der Waals surface area contributed by atoms with Gasteiger partial charge in [0, 0.05) is 26.2 Å². The number of rotatable bonds is 6. The molecule has 3 rings (SSSR count). The largest absolute Gasteiger partial charge is 0.493 e. The van der Waals surface area contributed by atoms with E-state index in [1.54, 1.807) is 0 Å². The van der Waals surface area contributed by atoms with E-state index in [4.69, 9.17) is 11.6 Å². The summed E-state index contributed by atoms with van der Waals surface area (Å²) in [6.45, 7) is 1.15. The Bertz CT molecular complexity index is 1320. The Morgan fingerprint density at radius 1 is 1.13 bits per heavy atom. The van der Waals surface area contributed by atoms with E-state index in [0.717, 1.165) is 34.8 Å². The molecule has 0 spiro atoms. The molecular weight excluding hydrogens is 555 g/mol. The summed E-state index contributed by atoms with van der Waals surface area (Å²) in [7, 11) is -1.65. The number of alkyl halides is 3. The molecule has 0 atom stereocenters. The minimum absolute atomic E-state index is 0.0479. The standard InChI is InChI=1S/C22H23ClF3N5O6S/c1-30(2)38(35,36)15-4-5-17(29-19(32)13-7-9-27-10-8-13)16(11-15)20(33)31(37-21(34)22(24,25)26)18-6-3-14(23)12-28-18/h3-6,11-13,27H,7-10H2,1-2H3,(H,29,32). The molecule has 0 unspecified atom stereocenters. The fraction of sp³-hybridized carbons (Fsp3) is 0.364. The first-order valence-corrected chi connectivity index (χ1v) is 12.9. The number of benzene rings is 1. The molecule has 2 aromatic rings. The first-order chi connectivity index (χ1) is 17.7. The van der Waals surface area contributed by atoms with Crippen LogP contribution >= 0.6 is 11.6 Å². The Labute approximate surface area is 220 Å². The van der Waals surface area contributed by atoms with Gasteiger partial charge in [0.1, 0.15) is 0 Å². The SMILES string of the molecule is CN(C)S(=O)(=O)c1ccc(NC(=O)C2CCNCC2)c(C(=O)N(OC(=O)C(F)(F)F)c2ccc(Cl)cn2)c1. The number of hydroxylamine groups is 1. The predicted molar refractivity (Wildman–Crippen MR) is 130 cm³/mol. The van der Waals surface area contributed by atoms with Crippen molar-refractivity contribution in [3.8, 4) is 0 Å². The maximum Gasteiger partial charge on any atom is 0.493 e. The molecule has 1 saturated heterocycles. The van der Waals surface area contributed by atoms with Gasteiger partial charge in [0.25, 0.3) is 5.91 Å². The Hall–Kier alpha value is -3.27. The molecule has 0 bridgehead atoms. The van der Waals surface area contributed by atoms with E-state index in [2.05, 4.69) is 20.5 Å². The minimum atomic E-state index is -5.48. The lowest BCUT2D eigenvalue weighted by Gasteiger charge is -2.24. The summed E-state index contributed by atoms with van der Waals surface area (Å²) in [5.41, 5.74) is -0.778. The van der Waals surface area contributed by atoms with E-state index in [0.29, 0.717) is 25.9 Å². The summed E-state index contributed by atoms with van der Waals surface area (Å²) in [5.74, 6) is -5.61. The number of halogens is 4.